The van der Waals surface area contributed by atoms with E-state index < -0.39 is 0 Å². The highest BCUT2D eigenvalue weighted by molar-refractivity contribution is 7.98. The third-order valence-corrected chi connectivity index (χ3v) is 6.51. The van der Waals surface area contributed by atoms with Gasteiger partial charge in [0.05, 0.1) is 12.5 Å². The van der Waals surface area contributed by atoms with Crippen molar-refractivity contribution in [2.45, 2.75) is 51.0 Å². The van der Waals surface area contributed by atoms with Gasteiger partial charge in [-0.05, 0) is 66.3 Å². The van der Waals surface area contributed by atoms with Crippen molar-refractivity contribution in [3.8, 4) is 0 Å². The van der Waals surface area contributed by atoms with Crippen LogP contribution in [0.1, 0.15) is 49.1 Å². The highest BCUT2D eigenvalue weighted by Crippen LogP contribution is 2.33. The van der Waals surface area contributed by atoms with Gasteiger partial charge in [0.15, 0.2) is 0 Å². The molecule has 0 N–H and O–H groups in total. The predicted octanol–water partition coefficient (Wildman–Crippen LogP) is 5.95. The largest absolute Gasteiger partial charge is 0.335 e. The molecule has 1 atom stereocenters. The summed E-state index contributed by atoms with van der Waals surface area (Å²) in [6.45, 7) is 7.41. The number of hydrogen-bond donors (Lipinski definition) is 0. The van der Waals surface area contributed by atoms with Crippen LogP contribution in [0.25, 0.3) is 0 Å². The van der Waals surface area contributed by atoms with Crippen LogP contribution in [-0.4, -0.2) is 23.6 Å². The van der Waals surface area contributed by atoms with E-state index in [0.29, 0.717) is 17.4 Å². The Morgan fingerprint density at radius 2 is 2.07 bits per heavy atom. The van der Waals surface area contributed by atoms with Crippen LogP contribution >= 0.6 is 23.4 Å². The summed E-state index contributed by atoms with van der Waals surface area (Å²) in [5.74, 6) is 0.788. The van der Waals surface area contributed by atoms with Gasteiger partial charge in [-0.3, -0.25) is 4.79 Å². The zero-order valence-electron chi connectivity index (χ0n) is 16.6. The van der Waals surface area contributed by atoms with Crippen LogP contribution in [0, 0.1) is 5.92 Å². The Morgan fingerprint density at radius 3 is 2.78 bits per heavy atom. The second-order valence-electron chi connectivity index (χ2n) is 7.74. The number of carbonyl (C=O) groups excluding carboxylic acids is 1. The molecular formula is C23H28ClNOS. The van der Waals surface area contributed by atoms with Crippen molar-refractivity contribution < 1.29 is 4.79 Å². The molecule has 0 saturated heterocycles. The number of halogens is 1. The molecule has 27 heavy (non-hydrogen) atoms. The second kappa shape index (κ2) is 8.70. The van der Waals surface area contributed by atoms with Crippen molar-refractivity contribution >= 4 is 29.3 Å². The molecule has 0 unspecified atom stereocenters. The molecular weight excluding hydrogens is 374 g/mol. The van der Waals surface area contributed by atoms with E-state index in [4.69, 9.17) is 11.6 Å². The fourth-order valence-corrected chi connectivity index (χ4v) is 4.90. The van der Waals surface area contributed by atoms with Gasteiger partial charge in [-0.2, -0.15) is 0 Å². The maximum atomic E-state index is 13.1. The molecule has 0 spiro atoms. The summed E-state index contributed by atoms with van der Waals surface area (Å²) in [7, 11) is 0. The van der Waals surface area contributed by atoms with Gasteiger partial charge in [-0.25, -0.2) is 0 Å². The summed E-state index contributed by atoms with van der Waals surface area (Å²) in [4.78, 5) is 16.2. The van der Waals surface area contributed by atoms with Crippen molar-refractivity contribution in [1.82, 2.24) is 4.90 Å². The van der Waals surface area contributed by atoms with E-state index in [2.05, 4.69) is 39.0 Å². The predicted molar refractivity (Wildman–Crippen MR) is 116 cm³/mol. The van der Waals surface area contributed by atoms with Crippen molar-refractivity contribution in [3.63, 3.8) is 0 Å². The van der Waals surface area contributed by atoms with Gasteiger partial charge in [0.25, 0.3) is 0 Å². The first-order chi connectivity index (χ1) is 12.9. The molecule has 2 aromatic carbocycles. The fourth-order valence-electron chi connectivity index (χ4n) is 3.96. The first kappa shape index (κ1) is 20.3. The number of nitrogens with zero attached hydrogens (tertiary/aromatic N) is 1. The minimum atomic E-state index is 0.105. The molecule has 3 rings (SSSR count). The first-order valence-corrected chi connectivity index (χ1v) is 11.2. The third kappa shape index (κ3) is 4.52. The van der Waals surface area contributed by atoms with E-state index >= 15 is 0 Å². The van der Waals surface area contributed by atoms with Crippen LogP contribution in [0.15, 0.2) is 41.3 Å². The van der Waals surface area contributed by atoms with Gasteiger partial charge in [0.1, 0.15) is 0 Å². The Kier molecular flexibility index (Phi) is 6.54. The van der Waals surface area contributed by atoms with E-state index in [1.807, 2.05) is 29.4 Å². The maximum absolute atomic E-state index is 13.1. The van der Waals surface area contributed by atoms with E-state index in [0.717, 1.165) is 29.8 Å². The number of benzene rings is 2. The molecule has 0 fully saturated rings. The summed E-state index contributed by atoms with van der Waals surface area (Å²) in [6.07, 6.45) is 4.38. The van der Waals surface area contributed by atoms with E-state index in [1.165, 1.54) is 16.7 Å². The molecule has 1 aliphatic rings. The van der Waals surface area contributed by atoms with Crippen LogP contribution < -0.4 is 0 Å². The number of hydrogen-bond acceptors (Lipinski definition) is 2. The molecule has 144 valence electrons. The van der Waals surface area contributed by atoms with E-state index in [9.17, 15) is 4.79 Å². The summed E-state index contributed by atoms with van der Waals surface area (Å²) in [6, 6.07) is 12.8. The standard InChI is InChI=1S/C23H28ClNOS/c1-15(2)12-17-8-9-18-10-11-25(16(3)19(18)13-17)23(26)14-20-21(24)6-5-7-22(20)27-4/h5-9,13,15-16H,10-12,14H2,1-4H3/t16-/m0/s1. The molecule has 0 radical (unpaired) electrons. The summed E-state index contributed by atoms with van der Waals surface area (Å²) < 4.78 is 0. The van der Waals surface area contributed by atoms with E-state index in [1.54, 1.807) is 11.8 Å². The third-order valence-electron chi connectivity index (χ3n) is 5.34. The molecule has 1 heterocycles. The zero-order valence-corrected chi connectivity index (χ0v) is 18.2. The van der Waals surface area contributed by atoms with Crippen LogP contribution in [0.3, 0.4) is 0 Å². The molecule has 4 heteroatoms. The smallest absolute Gasteiger partial charge is 0.227 e. The zero-order chi connectivity index (χ0) is 19.6. The monoisotopic (exact) mass is 401 g/mol. The lowest BCUT2D eigenvalue weighted by Gasteiger charge is -2.36. The second-order valence-corrected chi connectivity index (χ2v) is 9.00. The van der Waals surface area contributed by atoms with Crippen molar-refractivity contribution in [1.29, 1.82) is 0 Å². The van der Waals surface area contributed by atoms with Gasteiger partial charge < -0.3 is 4.90 Å². The minimum Gasteiger partial charge on any atom is -0.335 e. The minimum absolute atomic E-state index is 0.105. The van der Waals surface area contributed by atoms with Crippen molar-refractivity contribution in [2.75, 3.05) is 12.8 Å². The number of rotatable bonds is 5. The van der Waals surface area contributed by atoms with Crippen molar-refractivity contribution in [2.24, 2.45) is 5.92 Å². The Bertz CT molecular complexity index is 833. The average Bonchev–Trinajstić information content (AvgIpc) is 2.63. The Hall–Kier alpha value is -1.45. The first-order valence-electron chi connectivity index (χ1n) is 9.63. The van der Waals surface area contributed by atoms with Gasteiger partial charge in [0, 0.05) is 16.5 Å². The molecule has 0 aliphatic carbocycles. The SMILES string of the molecule is CSc1cccc(Cl)c1CC(=O)N1CCc2ccc(CC(C)C)cc2[C@@H]1C. The number of carbonyl (C=O) groups is 1. The van der Waals surface area contributed by atoms with Gasteiger partial charge >= 0.3 is 0 Å². The Labute approximate surface area is 172 Å². The van der Waals surface area contributed by atoms with Crippen LogP contribution in [0.2, 0.25) is 5.02 Å². The molecule has 0 saturated carbocycles. The van der Waals surface area contributed by atoms with Crippen molar-refractivity contribution in [3.05, 3.63) is 63.7 Å². The molecule has 1 aliphatic heterocycles. The van der Waals surface area contributed by atoms with Gasteiger partial charge in [0.2, 0.25) is 5.91 Å². The topological polar surface area (TPSA) is 20.3 Å². The fraction of sp³-hybridized carbons (Fsp3) is 0.435. The Morgan fingerprint density at radius 1 is 1.30 bits per heavy atom. The van der Waals surface area contributed by atoms with E-state index in [-0.39, 0.29) is 11.9 Å². The highest BCUT2D eigenvalue weighted by Gasteiger charge is 2.28. The normalized spacial score (nSPS) is 16.5. The number of amides is 1. The molecule has 1 amide bonds. The Balaban J connectivity index is 1.82. The quantitative estimate of drug-likeness (QED) is 0.577. The summed E-state index contributed by atoms with van der Waals surface area (Å²) in [5.41, 5.74) is 4.99. The van der Waals surface area contributed by atoms with Crippen LogP contribution in [-0.2, 0) is 24.1 Å². The lowest BCUT2D eigenvalue weighted by Crippen LogP contribution is -2.39. The van der Waals surface area contributed by atoms with Gasteiger partial charge in [-0.15, -0.1) is 11.8 Å². The van der Waals surface area contributed by atoms with Crippen LogP contribution in [0.5, 0.6) is 0 Å². The van der Waals surface area contributed by atoms with Gasteiger partial charge in [-0.1, -0.05) is 49.7 Å². The summed E-state index contributed by atoms with van der Waals surface area (Å²) >= 11 is 8.03. The summed E-state index contributed by atoms with van der Waals surface area (Å²) in [5, 5.41) is 0.680. The number of fused-ring (bicyclic) bond motifs is 1. The average molecular weight is 402 g/mol. The lowest BCUT2D eigenvalue weighted by molar-refractivity contribution is -0.133. The number of thioether (sulfide) groups is 1. The lowest BCUT2D eigenvalue weighted by atomic mass is 9.89. The maximum Gasteiger partial charge on any atom is 0.227 e. The molecule has 2 nitrogen and oxygen atoms in total. The molecule has 0 aromatic heterocycles. The van der Waals surface area contributed by atoms with Crippen LogP contribution in [0.4, 0.5) is 0 Å². The molecule has 2 aromatic rings. The molecule has 0 bridgehead atoms. The highest BCUT2D eigenvalue weighted by atomic mass is 35.5.